The molecule has 0 aliphatic carbocycles. The average Bonchev–Trinajstić information content (AvgIpc) is 2.40. The van der Waals surface area contributed by atoms with Crippen LogP contribution in [0.4, 0.5) is 0 Å². The lowest BCUT2D eigenvalue weighted by molar-refractivity contribution is -0.171. The first-order valence-corrected chi connectivity index (χ1v) is 6.23. The molecular formula is C14H18O6. The highest BCUT2D eigenvalue weighted by Gasteiger charge is 2.21. The lowest BCUT2D eigenvalue weighted by Gasteiger charge is -2.13. The van der Waals surface area contributed by atoms with Crippen molar-refractivity contribution in [2.75, 3.05) is 6.61 Å². The number of aliphatic hydroxyl groups excluding tert-OH is 1. The molecule has 0 aliphatic heterocycles. The standard InChI is InChI=1S/C14H18O6/c1-9(15)13(17)20-10(2)14(18)19-8-7-11-3-5-12(16)6-4-11/h3-6,9-10,15-16H,7-8H2,1-2H3/t9-,10-/m0/s1. The number of esters is 2. The zero-order valence-corrected chi connectivity index (χ0v) is 11.4. The molecule has 0 bridgehead atoms. The van der Waals surface area contributed by atoms with Crippen molar-refractivity contribution in [3.63, 3.8) is 0 Å². The van der Waals surface area contributed by atoms with E-state index in [-0.39, 0.29) is 12.4 Å². The van der Waals surface area contributed by atoms with Crippen molar-refractivity contribution >= 4 is 11.9 Å². The smallest absolute Gasteiger partial charge is 0.347 e. The van der Waals surface area contributed by atoms with E-state index in [0.717, 1.165) is 5.56 Å². The van der Waals surface area contributed by atoms with E-state index in [9.17, 15) is 9.59 Å². The molecule has 0 saturated heterocycles. The van der Waals surface area contributed by atoms with E-state index in [1.165, 1.54) is 13.8 Å². The van der Waals surface area contributed by atoms with Gasteiger partial charge < -0.3 is 19.7 Å². The highest BCUT2D eigenvalue weighted by molar-refractivity contribution is 5.80. The molecule has 0 aromatic heterocycles. The third kappa shape index (κ3) is 5.27. The maximum absolute atomic E-state index is 11.5. The number of ether oxygens (including phenoxy) is 2. The molecule has 6 nitrogen and oxygen atoms in total. The molecule has 20 heavy (non-hydrogen) atoms. The SMILES string of the molecule is C[C@H](O)C(=O)O[C@@H](C)C(=O)OCCc1ccc(O)cc1. The Morgan fingerprint density at radius 3 is 2.30 bits per heavy atom. The first-order chi connectivity index (χ1) is 9.40. The largest absolute Gasteiger partial charge is 0.508 e. The van der Waals surface area contributed by atoms with Crippen molar-refractivity contribution in [2.45, 2.75) is 32.5 Å². The van der Waals surface area contributed by atoms with Crippen molar-refractivity contribution in [2.24, 2.45) is 0 Å². The fourth-order valence-electron chi connectivity index (χ4n) is 1.37. The van der Waals surface area contributed by atoms with Crippen LogP contribution in [0.3, 0.4) is 0 Å². The Balaban J connectivity index is 2.32. The number of hydrogen-bond donors (Lipinski definition) is 2. The molecular weight excluding hydrogens is 264 g/mol. The van der Waals surface area contributed by atoms with E-state index in [0.29, 0.717) is 6.42 Å². The van der Waals surface area contributed by atoms with Gasteiger partial charge in [0.1, 0.15) is 11.9 Å². The number of hydrogen-bond acceptors (Lipinski definition) is 6. The lowest BCUT2D eigenvalue weighted by Crippen LogP contribution is -2.31. The molecule has 0 unspecified atom stereocenters. The summed E-state index contributed by atoms with van der Waals surface area (Å²) in [6.07, 6.45) is -1.84. The first-order valence-electron chi connectivity index (χ1n) is 6.23. The summed E-state index contributed by atoms with van der Waals surface area (Å²) in [6.45, 7) is 2.77. The van der Waals surface area contributed by atoms with E-state index in [4.69, 9.17) is 19.7 Å². The van der Waals surface area contributed by atoms with Gasteiger partial charge in [0.05, 0.1) is 6.61 Å². The van der Waals surface area contributed by atoms with Crippen LogP contribution in [-0.4, -0.2) is 41.0 Å². The summed E-state index contributed by atoms with van der Waals surface area (Å²) in [6, 6.07) is 6.54. The van der Waals surface area contributed by atoms with Crippen LogP contribution in [0, 0.1) is 0 Å². The van der Waals surface area contributed by atoms with Gasteiger partial charge in [-0.1, -0.05) is 12.1 Å². The Bertz CT molecular complexity index is 451. The molecule has 110 valence electrons. The quantitative estimate of drug-likeness (QED) is 0.749. The second-order valence-corrected chi connectivity index (χ2v) is 4.34. The number of aromatic hydroxyl groups is 1. The maximum atomic E-state index is 11.5. The summed E-state index contributed by atoms with van der Waals surface area (Å²) in [5, 5.41) is 18.1. The number of rotatable bonds is 6. The molecule has 0 fully saturated rings. The maximum Gasteiger partial charge on any atom is 0.347 e. The third-order valence-electron chi connectivity index (χ3n) is 2.54. The molecule has 6 heteroatoms. The number of carbonyl (C=O) groups excluding carboxylic acids is 2. The Labute approximate surface area is 116 Å². The van der Waals surface area contributed by atoms with Crippen LogP contribution in [0.2, 0.25) is 0 Å². The van der Waals surface area contributed by atoms with Crippen molar-refractivity contribution < 1.29 is 29.3 Å². The second kappa shape index (κ2) is 7.49. The molecule has 0 amide bonds. The molecule has 1 rings (SSSR count). The second-order valence-electron chi connectivity index (χ2n) is 4.34. The van der Waals surface area contributed by atoms with E-state index in [1.807, 2.05) is 0 Å². The molecule has 0 radical (unpaired) electrons. The third-order valence-corrected chi connectivity index (χ3v) is 2.54. The summed E-state index contributed by atoms with van der Waals surface area (Å²) < 4.78 is 9.65. The van der Waals surface area contributed by atoms with Gasteiger partial charge in [0.15, 0.2) is 6.10 Å². The number of benzene rings is 1. The average molecular weight is 282 g/mol. The van der Waals surface area contributed by atoms with Crippen molar-refractivity contribution in [3.8, 4) is 5.75 Å². The monoisotopic (exact) mass is 282 g/mol. The van der Waals surface area contributed by atoms with E-state index in [2.05, 4.69) is 0 Å². The van der Waals surface area contributed by atoms with E-state index in [1.54, 1.807) is 24.3 Å². The van der Waals surface area contributed by atoms with Crippen LogP contribution in [0.1, 0.15) is 19.4 Å². The van der Waals surface area contributed by atoms with Crippen LogP contribution in [0.15, 0.2) is 24.3 Å². The number of aliphatic hydroxyl groups is 1. The highest BCUT2D eigenvalue weighted by Crippen LogP contribution is 2.10. The molecule has 0 aliphatic rings. The van der Waals surface area contributed by atoms with Crippen molar-refractivity contribution in [3.05, 3.63) is 29.8 Å². The van der Waals surface area contributed by atoms with E-state index >= 15 is 0 Å². The van der Waals surface area contributed by atoms with Crippen LogP contribution in [0.25, 0.3) is 0 Å². The molecule has 2 N–H and O–H groups in total. The van der Waals surface area contributed by atoms with Crippen LogP contribution in [0.5, 0.6) is 5.75 Å². The Hall–Kier alpha value is -2.08. The first kappa shape index (κ1) is 16.0. The van der Waals surface area contributed by atoms with Gasteiger partial charge in [-0.05, 0) is 31.5 Å². The molecule has 0 saturated carbocycles. The van der Waals surface area contributed by atoms with Gasteiger partial charge >= 0.3 is 11.9 Å². The van der Waals surface area contributed by atoms with Gasteiger partial charge in [-0.2, -0.15) is 0 Å². The summed E-state index contributed by atoms with van der Waals surface area (Å²) in [7, 11) is 0. The van der Waals surface area contributed by atoms with Gasteiger partial charge in [-0.3, -0.25) is 0 Å². The summed E-state index contributed by atoms with van der Waals surface area (Å²) in [4.78, 5) is 22.6. The topological polar surface area (TPSA) is 93.1 Å². The van der Waals surface area contributed by atoms with E-state index < -0.39 is 24.1 Å². The fourth-order valence-corrected chi connectivity index (χ4v) is 1.37. The zero-order valence-electron chi connectivity index (χ0n) is 11.4. The van der Waals surface area contributed by atoms with Crippen molar-refractivity contribution in [1.29, 1.82) is 0 Å². The highest BCUT2D eigenvalue weighted by atomic mass is 16.6. The fraction of sp³-hybridized carbons (Fsp3) is 0.429. The zero-order chi connectivity index (χ0) is 15.1. The minimum Gasteiger partial charge on any atom is -0.508 e. The summed E-state index contributed by atoms with van der Waals surface area (Å²) in [5.74, 6) is -1.37. The van der Waals surface area contributed by atoms with Gasteiger partial charge in [-0.15, -0.1) is 0 Å². The predicted molar refractivity (Wildman–Crippen MR) is 70.0 cm³/mol. The lowest BCUT2D eigenvalue weighted by atomic mass is 10.1. The predicted octanol–water partition coefficient (Wildman–Crippen LogP) is 0.790. The molecule has 2 atom stereocenters. The van der Waals surface area contributed by atoms with Crippen LogP contribution < -0.4 is 0 Å². The van der Waals surface area contributed by atoms with Gasteiger partial charge in [0, 0.05) is 6.42 Å². The molecule has 0 spiro atoms. The minimum absolute atomic E-state index is 0.139. The van der Waals surface area contributed by atoms with Crippen molar-refractivity contribution in [1.82, 2.24) is 0 Å². The molecule has 1 aromatic carbocycles. The summed E-state index contributed by atoms with van der Waals surface area (Å²) in [5.41, 5.74) is 0.907. The van der Waals surface area contributed by atoms with Gasteiger partial charge in [-0.25, -0.2) is 9.59 Å². The van der Waals surface area contributed by atoms with Crippen LogP contribution >= 0.6 is 0 Å². The molecule has 1 aromatic rings. The summed E-state index contributed by atoms with van der Waals surface area (Å²) >= 11 is 0. The number of phenolic OH excluding ortho intramolecular Hbond substituents is 1. The normalized spacial score (nSPS) is 13.3. The van der Waals surface area contributed by atoms with Crippen LogP contribution in [-0.2, 0) is 25.5 Å². The van der Waals surface area contributed by atoms with Gasteiger partial charge in [0.25, 0.3) is 0 Å². The molecule has 0 heterocycles. The Morgan fingerprint density at radius 1 is 1.15 bits per heavy atom. The Morgan fingerprint density at radius 2 is 1.75 bits per heavy atom. The van der Waals surface area contributed by atoms with Gasteiger partial charge in [0.2, 0.25) is 0 Å². The minimum atomic E-state index is -1.28. The number of carbonyl (C=O) groups is 2. The number of phenols is 1. The Kier molecular flexibility index (Phi) is 5.99.